The molecule has 98 valence electrons. The Bertz CT molecular complexity index is 413. The second kappa shape index (κ2) is 5.96. The van der Waals surface area contributed by atoms with Gasteiger partial charge < -0.3 is 10.6 Å². The van der Waals surface area contributed by atoms with Crippen LogP contribution in [0.15, 0.2) is 18.3 Å². The molecule has 1 aliphatic carbocycles. The van der Waals surface area contributed by atoms with Crippen molar-refractivity contribution in [2.24, 2.45) is 11.7 Å². The van der Waals surface area contributed by atoms with Crippen molar-refractivity contribution in [3.63, 3.8) is 0 Å². The molecule has 1 fully saturated rings. The van der Waals surface area contributed by atoms with Crippen molar-refractivity contribution >= 4 is 5.91 Å². The van der Waals surface area contributed by atoms with Gasteiger partial charge in [0.1, 0.15) is 5.69 Å². The molecule has 0 aromatic carbocycles. The fourth-order valence-electron chi connectivity index (χ4n) is 2.58. The molecule has 2 rings (SSSR count). The zero-order chi connectivity index (χ0) is 13.0. The van der Waals surface area contributed by atoms with Crippen molar-refractivity contribution in [2.45, 2.75) is 32.2 Å². The quantitative estimate of drug-likeness (QED) is 0.882. The zero-order valence-electron chi connectivity index (χ0n) is 10.9. The van der Waals surface area contributed by atoms with E-state index in [0.717, 1.165) is 12.1 Å². The van der Waals surface area contributed by atoms with E-state index in [-0.39, 0.29) is 5.91 Å². The number of pyridine rings is 1. The summed E-state index contributed by atoms with van der Waals surface area (Å²) in [6.07, 6.45) is 6.74. The Morgan fingerprint density at radius 3 is 2.89 bits per heavy atom. The number of rotatable bonds is 4. The van der Waals surface area contributed by atoms with Gasteiger partial charge in [0.2, 0.25) is 0 Å². The maximum Gasteiger partial charge on any atom is 0.272 e. The number of hydrogen-bond acceptors (Lipinski definition) is 3. The molecule has 0 aliphatic heterocycles. The van der Waals surface area contributed by atoms with Gasteiger partial charge in [-0.25, -0.2) is 0 Å². The van der Waals surface area contributed by atoms with Gasteiger partial charge >= 0.3 is 0 Å². The summed E-state index contributed by atoms with van der Waals surface area (Å²) in [7, 11) is 1.86. The van der Waals surface area contributed by atoms with Crippen LogP contribution in [0.3, 0.4) is 0 Å². The van der Waals surface area contributed by atoms with Crippen LogP contribution in [0.1, 0.15) is 41.7 Å². The lowest BCUT2D eigenvalue weighted by Crippen LogP contribution is -2.31. The van der Waals surface area contributed by atoms with Gasteiger partial charge in [0.15, 0.2) is 0 Å². The molecule has 1 aromatic heterocycles. The zero-order valence-corrected chi connectivity index (χ0v) is 10.9. The summed E-state index contributed by atoms with van der Waals surface area (Å²) in [5.41, 5.74) is 7.02. The summed E-state index contributed by atoms with van der Waals surface area (Å²) >= 11 is 0. The lowest BCUT2D eigenvalue weighted by molar-refractivity contribution is 0.0767. The van der Waals surface area contributed by atoms with Crippen LogP contribution in [0.2, 0.25) is 0 Å². The average Bonchev–Trinajstić information content (AvgIpc) is 2.90. The maximum absolute atomic E-state index is 12.2. The first-order chi connectivity index (χ1) is 8.70. The maximum atomic E-state index is 12.2. The van der Waals surface area contributed by atoms with E-state index >= 15 is 0 Å². The number of amides is 1. The molecule has 1 heterocycles. The van der Waals surface area contributed by atoms with E-state index in [1.165, 1.54) is 25.7 Å². The number of hydrogen-bond donors (Lipinski definition) is 1. The summed E-state index contributed by atoms with van der Waals surface area (Å²) in [5.74, 6) is 0.661. The molecular formula is C14H21N3O. The molecule has 2 N–H and O–H groups in total. The van der Waals surface area contributed by atoms with Crippen LogP contribution in [0, 0.1) is 5.92 Å². The second-order valence-electron chi connectivity index (χ2n) is 5.09. The third kappa shape index (κ3) is 3.07. The number of carbonyl (C=O) groups excluding carboxylic acids is 1. The smallest absolute Gasteiger partial charge is 0.272 e. The van der Waals surface area contributed by atoms with E-state index in [0.29, 0.717) is 18.2 Å². The minimum absolute atomic E-state index is 0.00259. The number of nitrogens with two attached hydrogens (primary N) is 1. The Balaban J connectivity index is 2.00. The van der Waals surface area contributed by atoms with Crippen LogP contribution >= 0.6 is 0 Å². The third-order valence-corrected chi connectivity index (χ3v) is 3.63. The molecule has 1 aliphatic rings. The molecule has 0 unspecified atom stereocenters. The Labute approximate surface area is 108 Å². The van der Waals surface area contributed by atoms with E-state index in [4.69, 9.17) is 5.73 Å². The topological polar surface area (TPSA) is 59.2 Å². The van der Waals surface area contributed by atoms with Crippen molar-refractivity contribution in [1.82, 2.24) is 9.88 Å². The van der Waals surface area contributed by atoms with Crippen LogP contribution in [0.5, 0.6) is 0 Å². The molecule has 0 atom stereocenters. The van der Waals surface area contributed by atoms with Gasteiger partial charge in [-0.15, -0.1) is 0 Å². The normalized spacial score (nSPS) is 15.9. The van der Waals surface area contributed by atoms with Crippen molar-refractivity contribution in [2.75, 3.05) is 13.6 Å². The van der Waals surface area contributed by atoms with E-state index < -0.39 is 0 Å². The van der Waals surface area contributed by atoms with Crippen LogP contribution in [0.4, 0.5) is 0 Å². The van der Waals surface area contributed by atoms with Crippen LogP contribution in [0.25, 0.3) is 0 Å². The number of aromatic nitrogens is 1. The minimum atomic E-state index is -0.00259. The highest BCUT2D eigenvalue weighted by molar-refractivity contribution is 5.92. The van der Waals surface area contributed by atoms with Gasteiger partial charge in [-0.05, 0) is 36.5 Å². The van der Waals surface area contributed by atoms with E-state index in [9.17, 15) is 4.79 Å². The predicted molar refractivity (Wildman–Crippen MR) is 71.0 cm³/mol. The first-order valence-corrected chi connectivity index (χ1v) is 6.61. The first kappa shape index (κ1) is 13.0. The molecule has 18 heavy (non-hydrogen) atoms. The molecule has 1 saturated carbocycles. The second-order valence-corrected chi connectivity index (χ2v) is 5.09. The summed E-state index contributed by atoms with van der Waals surface area (Å²) in [5, 5.41) is 0. The molecule has 1 amide bonds. The Morgan fingerprint density at radius 1 is 1.50 bits per heavy atom. The first-order valence-electron chi connectivity index (χ1n) is 6.61. The molecule has 4 heteroatoms. The Morgan fingerprint density at radius 2 is 2.22 bits per heavy atom. The Kier molecular flexibility index (Phi) is 4.31. The van der Waals surface area contributed by atoms with Gasteiger partial charge in [-0.2, -0.15) is 0 Å². The fraction of sp³-hybridized carbons (Fsp3) is 0.571. The van der Waals surface area contributed by atoms with Crippen LogP contribution in [-0.4, -0.2) is 29.4 Å². The van der Waals surface area contributed by atoms with Crippen molar-refractivity contribution < 1.29 is 4.79 Å². The fourth-order valence-corrected chi connectivity index (χ4v) is 2.58. The van der Waals surface area contributed by atoms with Crippen LogP contribution < -0.4 is 5.73 Å². The van der Waals surface area contributed by atoms with Crippen molar-refractivity contribution in [3.8, 4) is 0 Å². The third-order valence-electron chi connectivity index (χ3n) is 3.63. The average molecular weight is 247 g/mol. The SMILES string of the molecule is CN(CC1CCCC1)C(=O)c1cc(CN)ccn1. The molecule has 0 spiro atoms. The van der Waals surface area contributed by atoms with Gasteiger partial charge in [0.05, 0.1) is 0 Å². The van der Waals surface area contributed by atoms with Gasteiger partial charge in [0.25, 0.3) is 5.91 Å². The molecule has 4 nitrogen and oxygen atoms in total. The minimum Gasteiger partial charge on any atom is -0.340 e. The number of nitrogens with zero attached hydrogens (tertiary/aromatic N) is 2. The van der Waals surface area contributed by atoms with E-state index in [2.05, 4.69) is 4.98 Å². The van der Waals surface area contributed by atoms with Crippen molar-refractivity contribution in [3.05, 3.63) is 29.6 Å². The highest BCUT2D eigenvalue weighted by Crippen LogP contribution is 2.25. The molecule has 0 bridgehead atoms. The largest absolute Gasteiger partial charge is 0.340 e. The molecule has 0 saturated heterocycles. The van der Waals surface area contributed by atoms with Crippen molar-refractivity contribution in [1.29, 1.82) is 0 Å². The Hall–Kier alpha value is -1.42. The summed E-state index contributed by atoms with van der Waals surface area (Å²) in [6, 6.07) is 3.63. The lowest BCUT2D eigenvalue weighted by Gasteiger charge is -2.20. The summed E-state index contributed by atoms with van der Waals surface area (Å²) in [4.78, 5) is 18.1. The number of carbonyl (C=O) groups is 1. The highest BCUT2D eigenvalue weighted by Gasteiger charge is 2.20. The molecule has 0 radical (unpaired) electrons. The van der Waals surface area contributed by atoms with E-state index in [1.807, 2.05) is 13.1 Å². The lowest BCUT2D eigenvalue weighted by atomic mass is 10.1. The highest BCUT2D eigenvalue weighted by atomic mass is 16.2. The van der Waals surface area contributed by atoms with Crippen LogP contribution in [-0.2, 0) is 6.54 Å². The molecule has 1 aromatic rings. The monoisotopic (exact) mass is 247 g/mol. The van der Waals surface area contributed by atoms with Gasteiger partial charge in [0, 0.05) is 26.3 Å². The molecular weight excluding hydrogens is 226 g/mol. The summed E-state index contributed by atoms with van der Waals surface area (Å²) in [6.45, 7) is 1.28. The van der Waals surface area contributed by atoms with Gasteiger partial charge in [-0.3, -0.25) is 9.78 Å². The summed E-state index contributed by atoms with van der Waals surface area (Å²) < 4.78 is 0. The predicted octanol–water partition coefficient (Wildman–Crippen LogP) is 1.80. The van der Waals surface area contributed by atoms with Gasteiger partial charge in [-0.1, -0.05) is 12.8 Å². The standard InChI is InChI=1S/C14H21N3O/c1-17(10-11-4-2-3-5-11)14(18)13-8-12(9-15)6-7-16-13/h6-8,11H,2-5,9-10,15H2,1H3. The van der Waals surface area contributed by atoms with E-state index in [1.54, 1.807) is 17.2 Å².